The van der Waals surface area contributed by atoms with E-state index in [0.29, 0.717) is 17.1 Å². The fraction of sp³-hybridized carbons (Fsp3) is 0.389. The van der Waals surface area contributed by atoms with Crippen molar-refractivity contribution in [2.24, 2.45) is 16.6 Å². The Kier molecular flexibility index (Phi) is 6.04. The van der Waals surface area contributed by atoms with Gasteiger partial charge in [-0.15, -0.1) is 0 Å². The van der Waals surface area contributed by atoms with Crippen LogP contribution in [0.3, 0.4) is 0 Å². The summed E-state index contributed by atoms with van der Waals surface area (Å²) in [4.78, 5) is 29.7. The number of ketones is 1. The van der Waals surface area contributed by atoms with Gasteiger partial charge in [0.05, 0.1) is 21.0 Å². The highest BCUT2D eigenvalue weighted by atomic mass is 35.5. The SMILES string of the molecule is CON=Cc1ccc(C(=O)c2c[nH]n(C)c2=O)c(Cl)c1N=S1(=O)CCCCC1. The first-order valence-corrected chi connectivity index (χ1v) is 11.0. The summed E-state index contributed by atoms with van der Waals surface area (Å²) in [6.45, 7) is 0. The molecule has 1 aromatic heterocycles. The largest absolute Gasteiger partial charge is 0.399 e. The van der Waals surface area contributed by atoms with Gasteiger partial charge in [0, 0.05) is 35.9 Å². The monoisotopic (exact) mass is 424 g/mol. The van der Waals surface area contributed by atoms with Crippen LogP contribution in [0, 0.1) is 0 Å². The average Bonchev–Trinajstić information content (AvgIpc) is 3.01. The fourth-order valence-electron chi connectivity index (χ4n) is 3.02. The number of halogens is 1. The second-order valence-corrected chi connectivity index (χ2v) is 9.42. The number of hydrogen-bond donors (Lipinski definition) is 1. The van der Waals surface area contributed by atoms with Crippen molar-refractivity contribution < 1.29 is 13.8 Å². The van der Waals surface area contributed by atoms with Crippen LogP contribution in [0.15, 0.2) is 32.6 Å². The quantitative estimate of drug-likeness (QED) is 0.452. The van der Waals surface area contributed by atoms with Crippen LogP contribution in [-0.2, 0) is 21.6 Å². The van der Waals surface area contributed by atoms with Crippen LogP contribution in [-0.4, -0.2) is 44.6 Å². The third-order valence-electron chi connectivity index (χ3n) is 4.56. The molecule has 1 saturated heterocycles. The van der Waals surface area contributed by atoms with Gasteiger partial charge in [-0.2, -0.15) is 4.36 Å². The van der Waals surface area contributed by atoms with E-state index in [1.807, 2.05) is 0 Å². The zero-order valence-electron chi connectivity index (χ0n) is 15.6. The Morgan fingerprint density at radius 1 is 1.29 bits per heavy atom. The average molecular weight is 425 g/mol. The highest BCUT2D eigenvalue weighted by Gasteiger charge is 2.23. The molecule has 2 aromatic rings. The molecule has 0 bridgehead atoms. The first-order chi connectivity index (χ1) is 13.4. The lowest BCUT2D eigenvalue weighted by Gasteiger charge is -2.17. The Morgan fingerprint density at radius 3 is 2.61 bits per heavy atom. The molecule has 0 saturated carbocycles. The third kappa shape index (κ3) is 4.05. The highest BCUT2D eigenvalue weighted by Crippen LogP contribution is 2.35. The summed E-state index contributed by atoms with van der Waals surface area (Å²) in [5, 5.41) is 6.44. The Bertz CT molecular complexity index is 1100. The van der Waals surface area contributed by atoms with E-state index >= 15 is 0 Å². The minimum Gasteiger partial charge on any atom is -0.399 e. The third-order valence-corrected chi connectivity index (χ3v) is 7.31. The molecule has 1 aliphatic rings. The number of aromatic amines is 1. The summed E-state index contributed by atoms with van der Waals surface area (Å²) in [6.07, 6.45) is 5.42. The maximum Gasteiger partial charge on any atom is 0.277 e. The van der Waals surface area contributed by atoms with Gasteiger partial charge in [-0.1, -0.05) is 29.2 Å². The minimum absolute atomic E-state index is 0.0319. The maximum atomic E-state index is 13.1. The van der Waals surface area contributed by atoms with Crippen molar-refractivity contribution in [3.63, 3.8) is 0 Å². The number of aromatic nitrogens is 2. The summed E-state index contributed by atoms with van der Waals surface area (Å²) in [5.41, 5.74) is 0.343. The van der Waals surface area contributed by atoms with Crippen LogP contribution in [0.2, 0.25) is 5.02 Å². The molecule has 1 aromatic carbocycles. The fourth-order valence-corrected chi connectivity index (χ4v) is 5.60. The van der Waals surface area contributed by atoms with Crippen molar-refractivity contribution in [3.05, 3.63) is 50.4 Å². The molecule has 1 aliphatic heterocycles. The second-order valence-electron chi connectivity index (χ2n) is 6.50. The van der Waals surface area contributed by atoms with Crippen LogP contribution < -0.4 is 5.56 Å². The predicted octanol–water partition coefficient (Wildman–Crippen LogP) is 2.86. The van der Waals surface area contributed by atoms with E-state index in [4.69, 9.17) is 16.4 Å². The molecule has 0 radical (unpaired) electrons. The lowest BCUT2D eigenvalue weighted by atomic mass is 10.0. The van der Waals surface area contributed by atoms with Gasteiger partial charge in [-0.25, -0.2) is 4.21 Å². The van der Waals surface area contributed by atoms with E-state index in [-0.39, 0.29) is 21.8 Å². The molecule has 28 heavy (non-hydrogen) atoms. The number of aryl methyl sites for hydroxylation is 1. The smallest absolute Gasteiger partial charge is 0.277 e. The number of hydrogen-bond acceptors (Lipinski definition) is 6. The summed E-state index contributed by atoms with van der Waals surface area (Å²) in [7, 11) is 0.442. The number of nitrogens with one attached hydrogen (secondary N) is 1. The first kappa shape index (κ1) is 20.3. The number of carbonyl (C=O) groups is 1. The van der Waals surface area contributed by atoms with Gasteiger partial charge >= 0.3 is 0 Å². The molecule has 0 atom stereocenters. The van der Waals surface area contributed by atoms with E-state index < -0.39 is 21.1 Å². The summed E-state index contributed by atoms with van der Waals surface area (Å²) < 4.78 is 18.8. The van der Waals surface area contributed by atoms with Crippen molar-refractivity contribution in [2.75, 3.05) is 18.6 Å². The molecule has 0 amide bonds. The lowest BCUT2D eigenvalue weighted by molar-refractivity contribution is 0.103. The number of benzene rings is 1. The van der Waals surface area contributed by atoms with Crippen LogP contribution in [0.1, 0.15) is 40.7 Å². The van der Waals surface area contributed by atoms with Crippen molar-refractivity contribution in [1.29, 1.82) is 0 Å². The molecule has 8 nitrogen and oxygen atoms in total. The summed E-state index contributed by atoms with van der Waals surface area (Å²) in [6, 6.07) is 3.10. The van der Waals surface area contributed by atoms with Gasteiger partial charge in [0.15, 0.2) is 0 Å². The Morgan fingerprint density at radius 2 is 2.00 bits per heavy atom. The van der Waals surface area contributed by atoms with Gasteiger partial charge < -0.3 is 9.94 Å². The number of H-pyrrole nitrogens is 1. The van der Waals surface area contributed by atoms with E-state index in [9.17, 15) is 13.8 Å². The van der Waals surface area contributed by atoms with Gasteiger partial charge in [-0.05, 0) is 18.9 Å². The van der Waals surface area contributed by atoms with Crippen LogP contribution >= 0.6 is 11.6 Å². The molecule has 0 unspecified atom stereocenters. The van der Waals surface area contributed by atoms with E-state index in [1.54, 1.807) is 6.07 Å². The maximum absolute atomic E-state index is 13.1. The summed E-state index contributed by atoms with van der Waals surface area (Å²) >= 11 is 6.52. The number of carbonyl (C=O) groups excluding carboxylic acids is 1. The van der Waals surface area contributed by atoms with Crippen LogP contribution in [0.5, 0.6) is 0 Å². The zero-order chi connectivity index (χ0) is 20.3. The van der Waals surface area contributed by atoms with E-state index in [0.717, 1.165) is 19.3 Å². The molecule has 0 aliphatic carbocycles. The molecule has 150 valence electrons. The van der Waals surface area contributed by atoms with Crippen LogP contribution in [0.25, 0.3) is 0 Å². The highest BCUT2D eigenvalue weighted by molar-refractivity contribution is 7.93. The Labute approximate surface area is 167 Å². The molecule has 2 heterocycles. The van der Waals surface area contributed by atoms with E-state index in [2.05, 4.69) is 14.6 Å². The standard InChI is InChI=1S/C18H21ClN4O4S/c1-23-18(25)14(11-20-23)17(24)13-7-6-12(10-21-27-2)16(15(13)19)22-28(26)8-4-3-5-9-28/h6-7,10-11,20H,3-5,8-9H2,1-2H3. The normalized spacial score (nSPS) is 16.2. The first-order valence-electron chi connectivity index (χ1n) is 8.77. The van der Waals surface area contributed by atoms with E-state index in [1.165, 1.54) is 37.3 Å². The molecule has 0 spiro atoms. The van der Waals surface area contributed by atoms with Crippen molar-refractivity contribution >= 4 is 39.0 Å². The van der Waals surface area contributed by atoms with Crippen molar-refractivity contribution in [1.82, 2.24) is 9.78 Å². The molecule has 3 rings (SSSR count). The lowest BCUT2D eigenvalue weighted by Crippen LogP contribution is -2.19. The van der Waals surface area contributed by atoms with Crippen LogP contribution in [0.4, 0.5) is 5.69 Å². The second kappa shape index (κ2) is 8.32. The Balaban J connectivity index is 2.17. The van der Waals surface area contributed by atoms with Crippen molar-refractivity contribution in [3.8, 4) is 0 Å². The zero-order valence-corrected chi connectivity index (χ0v) is 17.2. The molecular weight excluding hydrogens is 404 g/mol. The van der Waals surface area contributed by atoms with Gasteiger partial charge in [-0.3, -0.25) is 14.3 Å². The number of rotatable bonds is 5. The van der Waals surface area contributed by atoms with Gasteiger partial charge in [0.25, 0.3) is 5.56 Å². The molecule has 1 fully saturated rings. The predicted molar refractivity (Wildman–Crippen MR) is 109 cm³/mol. The molecule has 1 N–H and O–H groups in total. The minimum atomic E-state index is -2.47. The van der Waals surface area contributed by atoms with Gasteiger partial charge in [0.1, 0.15) is 18.4 Å². The van der Waals surface area contributed by atoms with Gasteiger partial charge in [0.2, 0.25) is 5.78 Å². The van der Waals surface area contributed by atoms with Crippen molar-refractivity contribution in [2.45, 2.75) is 19.3 Å². The number of oxime groups is 1. The summed E-state index contributed by atoms with van der Waals surface area (Å²) in [5.74, 6) is 0.443. The Hall–Kier alpha value is -2.39. The number of nitrogens with zero attached hydrogens (tertiary/aromatic N) is 3. The molecular formula is C18H21ClN4O4S. The topological polar surface area (TPSA) is 106 Å². The molecule has 10 heteroatoms.